The van der Waals surface area contributed by atoms with Crippen molar-refractivity contribution in [3.05, 3.63) is 71.8 Å². The summed E-state index contributed by atoms with van der Waals surface area (Å²) in [5, 5.41) is 0. The standard InChI is InChI=1S/C22H20Br2O/c1-13-17-18(14(2)20(24)19(13)23)22(16-11-7-4-8-12-16)25-21(17)15-9-5-3-6-10-15/h3-14,19-20H,1-2H3/t13-,14-,19-,20+/m1/s1. The molecule has 0 saturated heterocycles. The molecule has 4 atom stereocenters. The normalized spacial score (nSPS) is 25.6. The molecule has 1 aliphatic carbocycles. The molecule has 2 aromatic carbocycles. The van der Waals surface area contributed by atoms with Gasteiger partial charge in [-0.15, -0.1) is 0 Å². The Hall–Kier alpha value is -1.32. The summed E-state index contributed by atoms with van der Waals surface area (Å²) in [7, 11) is 0. The number of benzene rings is 2. The van der Waals surface area contributed by atoms with Crippen LogP contribution in [0.4, 0.5) is 0 Å². The fraction of sp³-hybridized carbons (Fsp3) is 0.273. The van der Waals surface area contributed by atoms with Crippen molar-refractivity contribution < 1.29 is 4.42 Å². The Kier molecular flexibility index (Phi) is 4.63. The van der Waals surface area contributed by atoms with E-state index in [2.05, 4.69) is 94.2 Å². The molecule has 0 bridgehead atoms. The Morgan fingerprint density at radius 1 is 0.640 bits per heavy atom. The Morgan fingerprint density at radius 3 is 1.36 bits per heavy atom. The van der Waals surface area contributed by atoms with E-state index in [4.69, 9.17) is 4.42 Å². The molecule has 3 aromatic rings. The molecule has 1 nitrogen and oxygen atoms in total. The average Bonchev–Trinajstić information content (AvgIpc) is 3.07. The Balaban J connectivity index is 2.01. The number of hydrogen-bond acceptors (Lipinski definition) is 1. The van der Waals surface area contributed by atoms with Crippen LogP contribution in [0.2, 0.25) is 0 Å². The largest absolute Gasteiger partial charge is 0.455 e. The maximum atomic E-state index is 6.54. The topological polar surface area (TPSA) is 13.1 Å². The predicted molar refractivity (Wildman–Crippen MR) is 112 cm³/mol. The van der Waals surface area contributed by atoms with Crippen molar-refractivity contribution in [2.24, 2.45) is 0 Å². The van der Waals surface area contributed by atoms with Gasteiger partial charge in [-0.3, -0.25) is 0 Å². The highest BCUT2D eigenvalue weighted by Crippen LogP contribution is 2.53. The Bertz CT molecular complexity index is 798. The summed E-state index contributed by atoms with van der Waals surface area (Å²) in [6.45, 7) is 4.57. The Labute approximate surface area is 165 Å². The molecular weight excluding hydrogens is 440 g/mol. The van der Waals surface area contributed by atoms with Crippen molar-refractivity contribution in [3.63, 3.8) is 0 Å². The van der Waals surface area contributed by atoms with Gasteiger partial charge in [-0.25, -0.2) is 0 Å². The summed E-state index contributed by atoms with van der Waals surface area (Å²) < 4.78 is 6.54. The van der Waals surface area contributed by atoms with Crippen LogP contribution in [0.15, 0.2) is 65.1 Å². The molecule has 1 heterocycles. The lowest BCUT2D eigenvalue weighted by Crippen LogP contribution is -2.31. The molecule has 0 radical (unpaired) electrons. The van der Waals surface area contributed by atoms with Crippen molar-refractivity contribution in [3.8, 4) is 22.6 Å². The average molecular weight is 460 g/mol. The number of furan rings is 1. The Morgan fingerprint density at radius 2 is 1.00 bits per heavy atom. The maximum absolute atomic E-state index is 6.54. The molecule has 3 heteroatoms. The van der Waals surface area contributed by atoms with Crippen LogP contribution in [0.3, 0.4) is 0 Å². The monoisotopic (exact) mass is 458 g/mol. The van der Waals surface area contributed by atoms with E-state index in [9.17, 15) is 0 Å². The molecule has 0 N–H and O–H groups in total. The van der Waals surface area contributed by atoms with Crippen LogP contribution in [-0.4, -0.2) is 9.65 Å². The van der Waals surface area contributed by atoms with E-state index in [1.165, 1.54) is 11.1 Å². The predicted octanol–water partition coefficient (Wildman–Crippen LogP) is 7.36. The number of rotatable bonds is 2. The van der Waals surface area contributed by atoms with Gasteiger partial charge >= 0.3 is 0 Å². The van der Waals surface area contributed by atoms with Crippen LogP contribution in [0.5, 0.6) is 0 Å². The van der Waals surface area contributed by atoms with Crippen molar-refractivity contribution >= 4 is 31.9 Å². The summed E-state index contributed by atoms with van der Waals surface area (Å²) in [4.78, 5) is 0.748. The number of alkyl halides is 2. The highest BCUT2D eigenvalue weighted by Gasteiger charge is 2.41. The highest BCUT2D eigenvalue weighted by molar-refractivity contribution is 9.12. The fourth-order valence-electron chi connectivity index (χ4n) is 3.84. The van der Waals surface area contributed by atoms with Crippen LogP contribution < -0.4 is 0 Å². The van der Waals surface area contributed by atoms with Crippen molar-refractivity contribution in [1.29, 1.82) is 0 Å². The van der Waals surface area contributed by atoms with Gasteiger partial charge in [0.1, 0.15) is 11.5 Å². The second-order valence-electron chi connectivity index (χ2n) is 6.79. The van der Waals surface area contributed by atoms with E-state index in [1.54, 1.807) is 0 Å². The molecule has 1 aliphatic rings. The van der Waals surface area contributed by atoms with Crippen LogP contribution >= 0.6 is 31.9 Å². The third-order valence-electron chi connectivity index (χ3n) is 5.23. The van der Waals surface area contributed by atoms with Crippen LogP contribution in [0.1, 0.15) is 36.8 Å². The summed E-state index contributed by atoms with van der Waals surface area (Å²) in [6, 6.07) is 20.9. The summed E-state index contributed by atoms with van der Waals surface area (Å²) in [5.74, 6) is 2.76. The van der Waals surface area contributed by atoms with Gasteiger partial charge in [-0.05, 0) is 11.8 Å². The van der Waals surface area contributed by atoms with Gasteiger partial charge in [0.05, 0.1) is 0 Å². The first-order valence-electron chi connectivity index (χ1n) is 8.65. The van der Waals surface area contributed by atoms with E-state index in [1.807, 2.05) is 12.1 Å². The van der Waals surface area contributed by atoms with Crippen LogP contribution in [0, 0.1) is 0 Å². The van der Waals surface area contributed by atoms with E-state index in [0.29, 0.717) is 21.5 Å². The molecule has 0 saturated carbocycles. The molecule has 0 fully saturated rings. The summed E-state index contributed by atoms with van der Waals surface area (Å²) in [6.07, 6.45) is 0. The van der Waals surface area contributed by atoms with E-state index < -0.39 is 0 Å². The zero-order valence-corrected chi connectivity index (χ0v) is 17.4. The molecule has 0 aliphatic heterocycles. The van der Waals surface area contributed by atoms with Gasteiger partial charge in [-0.2, -0.15) is 0 Å². The molecular formula is C22H20Br2O. The lowest BCUT2D eigenvalue weighted by Gasteiger charge is -2.35. The molecule has 0 spiro atoms. The van der Waals surface area contributed by atoms with Gasteiger partial charge < -0.3 is 4.42 Å². The first-order chi connectivity index (χ1) is 12.1. The van der Waals surface area contributed by atoms with Gasteiger partial charge in [0.25, 0.3) is 0 Å². The van der Waals surface area contributed by atoms with Crippen LogP contribution in [0.25, 0.3) is 22.6 Å². The van der Waals surface area contributed by atoms with E-state index >= 15 is 0 Å². The zero-order valence-electron chi connectivity index (χ0n) is 14.2. The van der Waals surface area contributed by atoms with Crippen LogP contribution in [-0.2, 0) is 0 Å². The molecule has 1 aromatic heterocycles. The van der Waals surface area contributed by atoms with Gasteiger partial charge in [0.2, 0.25) is 0 Å². The van der Waals surface area contributed by atoms with Gasteiger partial charge in [0, 0.05) is 31.9 Å². The number of hydrogen-bond donors (Lipinski definition) is 0. The zero-order chi connectivity index (χ0) is 17.6. The second-order valence-corrected chi connectivity index (χ2v) is 8.90. The third kappa shape index (κ3) is 2.82. The number of halogens is 2. The fourth-order valence-corrected chi connectivity index (χ4v) is 5.28. The first kappa shape index (κ1) is 17.1. The second kappa shape index (κ2) is 6.77. The molecule has 4 rings (SSSR count). The van der Waals surface area contributed by atoms with E-state index in [0.717, 1.165) is 22.6 Å². The molecule has 25 heavy (non-hydrogen) atoms. The quantitative estimate of drug-likeness (QED) is 0.364. The lowest BCUT2D eigenvalue weighted by molar-refractivity contribution is 0.574. The van der Waals surface area contributed by atoms with E-state index in [-0.39, 0.29) is 0 Å². The maximum Gasteiger partial charge on any atom is 0.138 e. The molecule has 0 amide bonds. The third-order valence-corrected chi connectivity index (χ3v) is 8.66. The highest BCUT2D eigenvalue weighted by atomic mass is 79.9. The molecule has 128 valence electrons. The van der Waals surface area contributed by atoms with Crippen molar-refractivity contribution in [1.82, 2.24) is 0 Å². The number of fused-ring (bicyclic) bond motifs is 1. The van der Waals surface area contributed by atoms with Gasteiger partial charge in [-0.1, -0.05) is 106 Å². The van der Waals surface area contributed by atoms with Gasteiger partial charge in [0.15, 0.2) is 0 Å². The first-order valence-corrected chi connectivity index (χ1v) is 10.5. The SMILES string of the molecule is C[C@@H]1c2c(-c3ccccc3)oc(-c3ccccc3)c2[C@@H](C)[C@@H](Br)[C@H]1Br. The minimum Gasteiger partial charge on any atom is -0.455 e. The van der Waals surface area contributed by atoms with Crippen molar-refractivity contribution in [2.45, 2.75) is 35.3 Å². The smallest absolute Gasteiger partial charge is 0.138 e. The summed E-state index contributed by atoms with van der Waals surface area (Å²) >= 11 is 7.83. The summed E-state index contributed by atoms with van der Waals surface area (Å²) in [5.41, 5.74) is 4.98. The molecule has 0 unspecified atom stereocenters. The lowest BCUT2D eigenvalue weighted by atomic mass is 9.77. The minimum atomic E-state index is 0.368. The minimum absolute atomic E-state index is 0.368. The van der Waals surface area contributed by atoms with Crippen molar-refractivity contribution in [2.75, 3.05) is 0 Å².